The Kier molecular flexibility index (Phi) is 2390. The Balaban J connectivity index is 0. The second-order valence-corrected chi connectivity index (χ2v) is 0. The average molecular weight is 337 g/mol. The third-order valence-corrected chi connectivity index (χ3v) is 0. The molecule has 0 unspecified atom stereocenters. The molecule has 0 aliphatic heterocycles. The van der Waals surface area contributed by atoms with Crippen LogP contribution < -0.4 is 80.6 Å². The van der Waals surface area contributed by atoms with Crippen LogP contribution in [0, 0.1) is 0 Å². The predicted molar refractivity (Wildman–Crippen MR) is 5.98 cm³/mol. The Morgan fingerprint density at radius 2 is 0.375 bits per heavy atom. The van der Waals surface area contributed by atoms with Crippen molar-refractivity contribution in [2.24, 2.45) is 0 Å². The first-order valence-corrected chi connectivity index (χ1v) is 0. The van der Waals surface area contributed by atoms with E-state index in [1.54, 1.807) is 0 Å². The minimum Gasteiger partial charge on any atom is -1.00 e. The molecular formula is H4Cl6NPd-5. The summed E-state index contributed by atoms with van der Waals surface area (Å²) >= 11 is 0. The van der Waals surface area contributed by atoms with E-state index >= 15 is 0 Å². The second-order valence-electron chi connectivity index (χ2n) is 0. The molecule has 8 heteroatoms. The van der Waals surface area contributed by atoms with E-state index in [0.717, 1.165) is 0 Å². The van der Waals surface area contributed by atoms with Crippen LogP contribution in [-0.2, 0) is 20.4 Å². The molecule has 0 fully saturated rings. The molecule has 0 aromatic carbocycles. The van der Waals surface area contributed by atoms with E-state index in [4.69, 9.17) is 0 Å². The predicted octanol–water partition coefficient (Wildman–Crippen LogP) is -17.6. The van der Waals surface area contributed by atoms with Crippen molar-refractivity contribution in [1.29, 1.82) is 0 Å². The van der Waals surface area contributed by atoms with Crippen molar-refractivity contribution in [3.63, 3.8) is 0 Å². The van der Waals surface area contributed by atoms with Gasteiger partial charge in [-0.15, -0.1) is 0 Å². The van der Waals surface area contributed by atoms with Crippen molar-refractivity contribution < 1.29 is 94.9 Å². The zero-order valence-corrected chi connectivity index (χ0v) is 9.67. The molecule has 0 saturated heterocycles. The number of quaternary nitrogens is 1. The van der Waals surface area contributed by atoms with Crippen LogP contribution >= 0.6 is 0 Å². The summed E-state index contributed by atoms with van der Waals surface area (Å²) in [4.78, 5) is 0. The van der Waals surface area contributed by atoms with Crippen LogP contribution in [0.2, 0.25) is 0 Å². The molecule has 0 aromatic rings. The minimum absolute atomic E-state index is 0. The van der Waals surface area contributed by atoms with Gasteiger partial charge in [0.25, 0.3) is 0 Å². The van der Waals surface area contributed by atoms with Crippen LogP contribution in [0.5, 0.6) is 0 Å². The van der Waals surface area contributed by atoms with Crippen LogP contribution in [0.25, 0.3) is 0 Å². The third-order valence-electron chi connectivity index (χ3n) is 0. The summed E-state index contributed by atoms with van der Waals surface area (Å²) in [5, 5.41) is 0. The van der Waals surface area contributed by atoms with Gasteiger partial charge in [0.15, 0.2) is 0 Å². The third kappa shape index (κ3) is 81.2. The SMILES string of the molecule is [Cl-].[Cl-].[Cl-].[Cl-].[Cl-].[Cl-].[NH4+].[Pd]. The first-order valence-electron chi connectivity index (χ1n) is 0. The van der Waals surface area contributed by atoms with Crippen molar-refractivity contribution >= 4 is 0 Å². The van der Waals surface area contributed by atoms with E-state index in [1.807, 2.05) is 0 Å². The Morgan fingerprint density at radius 3 is 0.375 bits per heavy atom. The standard InChI is InChI=1S/6ClH.H3N.Pd/h6*1H;1H3;/p-5. The van der Waals surface area contributed by atoms with E-state index in [-0.39, 0.29) is 101 Å². The molecule has 4 N–H and O–H groups in total. The maximum absolute atomic E-state index is 0. The minimum atomic E-state index is 0. The van der Waals surface area contributed by atoms with Crippen molar-refractivity contribution in [2.75, 3.05) is 0 Å². The van der Waals surface area contributed by atoms with Crippen molar-refractivity contribution in [3.05, 3.63) is 0 Å². The Labute approximate surface area is 100 Å². The molecule has 0 saturated carbocycles. The summed E-state index contributed by atoms with van der Waals surface area (Å²) in [5.74, 6) is 0. The maximum Gasteiger partial charge on any atom is 0 e. The van der Waals surface area contributed by atoms with Gasteiger partial charge in [0, 0.05) is 20.4 Å². The fraction of sp³-hybridized carbons (Fsp3) is 0. The fourth-order valence-corrected chi connectivity index (χ4v) is 0. The topological polar surface area (TPSA) is 36.5 Å². The summed E-state index contributed by atoms with van der Waals surface area (Å²) in [6.07, 6.45) is 0. The Morgan fingerprint density at radius 1 is 0.375 bits per heavy atom. The monoisotopic (exact) mass is 334 g/mol. The van der Waals surface area contributed by atoms with E-state index in [9.17, 15) is 0 Å². The zero-order valence-electron chi connectivity index (χ0n) is 3.58. The van der Waals surface area contributed by atoms with Gasteiger partial charge in [0.1, 0.15) is 0 Å². The molecule has 66 valence electrons. The van der Waals surface area contributed by atoms with Crippen molar-refractivity contribution in [1.82, 2.24) is 6.15 Å². The van der Waals surface area contributed by atoms with Crippen LogP contribution in [-0.4, -0.2) is 0 Å². The summed E-state index contributed by atoms with van der Waals surface area (Å²) in [6.45, 7) is 0. The summed E-state index contributed by atoms with van der Waals surface area (Å²) in [5.41, 5.74) is 0. The van der Waals surface area contributed by atoms with Crippen LogP contribution in [0.4, 0.5) is 0 Å². The van der Waals surface area contributed by atoms with E-state index in [1.165, 1.54) is 0 Å². The Hall–Kier alpha value is 2.36. The molecule has 8 heavy (non-hydrogen) atoms. The smallest absolute Gasteiger partial charge is 0 e. The quantitative estimate of drug-likeness (QED) is 0.427. The van der Waals surface area contributed by atoms with Gasteiger partial charge in [0.05, 0.1) is 0 Å². The van der Waals surface area contributed by atoms with Gasteiger partial charge in [-0.3, -0.25) is 0 Å². The van der Waals surface area contributed by atoms with Gasteiger partial charge in [-0.05, 0) is 0 Å². The normalized spacial score (nSPS) is 0. The molecular weight excluding hydrogens is 333 g/mol. The van der Waals surface area contributed by atoms with Crippen LogP contribution in [0.15, 0.2) is 0 Å². The molecule has 0 heterocycles. The van der Waals surface area contributed by atoms with E-state index in [0.29, 0.717) is 0 Å². The molecule has 0 atom stereocenters. The van der Waals surface area contributed by atoms with Crippen molar-refractivity contribution in [2.45, 2.75) is 0 Å². The zero-order chi connectivity index (χ0) is 0. The van der Waals surface area contributed by atoms with Crippen LogP contribution in [0.3, 0.4) is 0 Å². The molecule has 0 aliphatic rings. The van der Waals surface area contributed by atoms with Gasteiger partial charge in [-0.1, -0.05) is 0 Å². The van der Waals surface area contributed by atoms with Gasteiger partial charge >= 0.3 is 0 Å². The van der Waals surface area contributed by atoms with Crippen molar-refractivity contribution in [3.8, 4) is 0 Å². The molecule has 0 radical (unpaired) electrons. The largest absolute Gasteiger partial charge is 1.00 e. The van der Waals surface area contributed by atoms with Gasteiger partial charge in [-0.25, -0.2) is 0 Å². The Bertz CT molecular complexity index is 8.49. The van der Waals surface area contributed by atoms with Gasteiger partial charge in [-0.2, -0.15) is 0 Å². The number of hydrogen-bond donors (Lipinski definition) is 1. The average Bonchev–Trinajstić information content (AvgIpc) is 0. The number of halogens is 6. The fourth-order valence-electron chi connectivity index (χ4n) is 0. The second kappa shape index (κ2) is 117. The van der Waals surface area contributed by atoms with Crippen LogP contribution in [0.1, 0.15) is 0 Å². The molecule has 0 aliphatic carbocycles. The van der Waals surface area contributed by atoms with E-state index in [2.05, 4.69) is 0 Å². The first-order chi connectivity index (χ1) is 0. The first kappa shape index (κ1) is 163. The summed E-state index contributed by atoms with van der Waals surface area (Å²) < 4.78 is 0. The number of hydrogen-bond acceptors (Lipinski definition) is 0. The number of rotatable bonds is 0. The molecule has 1 nitrogen and oxygen atoms in total. The maximum atomic E-state index is 0. The molecule has 0 bridgehead atoms. The van der Waals surface area contributed by atoms with Gasteiger partial charge < -0.3 is 80.6 Å². The molecule has 0 amide bonds. The molecule has 0 rings (SSSR count). The van der Waals surface area contributed by atoms with E-state index < -0.39 is 0 Å². The molecule has 0 aromatic heterocycles. The summed E-state index contributed by atoms with van der Waals surface area (Å²) in [6, 6.07) is 0. The summed E-state index contributed by atoms with van der Waals surface area (Å²) in [7, 11) is 0. The molecule has 0 spiro atoms. The van der Waals surface area contributed by atoms with Gasteiger partial charge in [0.2, 0.25) is 0 Å².